The summed E-state index contributed by atoms with van der Waals surface area (Å²) >= 11 is 3.31. The van der Waals surface area contributed by atoms with Crippen LogP contribution in [0.25, 0.3) is 0 Å². The molecule has 1 aromatic carbocycles. The number of nitrogens with zero attached hydrogens (tertiary/aromatic N) is 1. The van der Waals surface area contributed by atoms with Crippen molar-refractivity contribution in [1.82, 2.24) is 5.16 Å². The first kappa shape index (κ1) is 10.9. The van der Waals surface area contributed by atoms with Gasteiger partial charge in [0.15, 0.2) is 5.82 Å². The van der Waals surface area contributed by atoms with Gasteiger partial charge in [-0.2, -0.15) is 0 Å². The number of anilines is 1. The smallest absolute Gasteiger partial charge is 0.256 e. The summed E-state index contributed by atoms with van der Waals surface area (Å²) in [5.41, 5.74) is 0.573. The number of aryl methyl sites for hydroxylation is 1. The minimum absolute atomic E-state index is 0.208. The van der Waals surface area contributed by atoms with Gasteiger partial charge in [0.05, 0.1) is 0 Å². The van der Waals surface area contributed by atoms with Gasteiger partial charge in [0.1, 0.15) is 5.76 Å². The molecule has 0 saturated heterocycles. The van der Waals surface area contributed by atoms with Crippen LogP contribution < -0.4 is 5.32 Å². The Balaban J connectivity index is 2.11. The maximum atomic E-state index is 11.7. The number of carbonyl (C=O) groups is 1. The number of halogens is 1. The number of benzene rings is 1. The predicted molar refractivity (Wildman–Crippen MR) is 63.3 cm³/mol. The second-order valence-corrected chi connectivity index (χ2v) is 4.20. The van der Waals surface area contributed by atoms with Crippen molar-refractivity contribution in [2.24, 2.45) is 0 Å². The van der Waals surface area contributed by atoms with Crippen LogP contribution >= 0.6 is 15.9 Å². The Morgan fingerprint density at radius 3 is 2.62 bits per heavy atom. The second-order valence-electron chi connectivity index (χ2n) is 3.28. The van der Waals surface area contributed by atoms with Crippen LogP contribution in [0.15, 0.2) is 39.3 Å². The highest BCUT2D eigenvalue weighted by atomic mass is 79.9. The Kier molecular flexibility index (Phi) is 3.05. The summed E-state index contributed by atoms with van der Waals surface area (Å²) in [6, 6.07) is 8.74. The maximum absolute atomic E-state index is 11.7. The molecule has 2 aromatic rings. The van der Waals surface area contributed by atoms with E-state index >= 15 is 0 Å². The number of hydrogen-bond acceptors (Lipinski definition) is 3. The molecule has 1 heterocycles. The van der Waals surface area contributed by atoms with E-state index in [2.05, 4.69) is 26.4 Å². The lowest BCUT2D eigenvalue weighted by atomic mass is 10.2. The highest BCUT2D eigenvalue weighted by Crippen LogP contribution is 2.13. The molecule has 0 radical (unpaired) electrons. The fourth-order valence-electron chi connectivity index (χ4n) is 1.22. The highest BCUT2D eigenvalue weighted by molar-refractivity contribution is 9.10. The van der Waals surface area contributed by atoms with Gasteiger partial charge in [0, 0.05) is 16.1 Å². The van der Waals surface area contributed by atoms with Crippen molar-refractivity contribution in [3.05, 3.63) is 46.1 Å². The molecule has 4 nitrogen and oxygen atoms in total. The van der Waals surface area contributed by atoms with Crippen molar-refractivity contribution in [2.45, 2.75) is 6.92 Å². The highest BCUT2D eigenvalue weighted by Gasteiger charge is 2.08. The van der Waals surface area contributed by atoms with Crippen LogP contribution in [-0.2, 0) is 0 Å². The maximum Gasteiger partial charge on any atom is 0.256 e. The van der Waals surface area contributed by atoms with Crippen LogP contribution in [0.4, 0.5) is 5.82 Å². The largest absolute Gasteiger partial charge is 0.360 e. The van der Waals surface area contributed by atoms with E-state index in [4.69, 9.17) is 4.52 Å². The van der Waals surface area contributed by atoms with Crippen molar-refractivity contribution >= 4 is 27.7 Å². The quantitative estimate of drug-likeness (QED) is 0.920. The van der Waals surface area contributed by atoms with Crippen molar-refractivity contribution in [1.29, 1.82) is 0 Å². The number of rotatable bonds is 2. The molecule has 0 aliphatic heterocycles. The van der Waals surface area contributed by atoms with Crippen LogP contribution in [0.5, 0.6) is 0 Å². The topological polar surface area (TPSA) is 55.1 Å². The molecule has 82 valence electrons. The van der Waals surface area contributed by atoms with Crippen molar-refractivity contribution in [2.75, 3.05) is 5.32 Å². The van der Waals surface area contributed by atoms with Crippen LogP contribution in [0.3, 0.4) is 0 Å². The molecule has 2 rings (SSSR count). The van der Waals surface area contributed by atoms with Gasteiger partial charge < -0.3 is 9.84 Å². The summed E-state index contributed by atoms with van der Waals surface area (Å²) < 4.78 is 5.78. The average Bonchev–Trinajstić information content (AvgIpc) is 2.65. The van der Waals surface area contributed by atoms with Crippen LogP contribution in [0.2, 0.25) is 0 Å². The van der Waals surface area contributed by atoms with Gasteiger partial charge in [-0.1, -0.05) is 21.1 Å². The molecular weight excluding hydrogens is 272 g/mol. The third-order valence-corrected chi connectivity index (χ3v) is 2.50. The van der Waals surface area contributed by atoms with E-state index in [9.17, 15) is 4.79 Å². The Hall–Kier alpha value is -1.62. The zero-order chi connectivity index (χ0) is 11.5. The lowest BCUT2D eigenvalue weighted by Crippen LogP contribution is -2.11. The van der Waals surface area contributed by atoms with Gasteiger partial charge >= 0.3 is 0 Å². The first-order chi connectivity index (χ1) is 7.65. The summed E-state index contributed by atoms with van der Waals surface area (Å²) in [6.07, 6.45) is 0. The van der Waals surface area contributed by atoms with Crippen molar-refractivity contribution < 1.29 is 9.32 Å². The average molecular weight is 281 g/mol. The Bertz CT molecular complexity index is 505. The molecule has 1 N–H and O–H groups in total. The zero-order valence-electron chi connectivity index (χ0n) is 8.53. The molecule has 16 heavy (non-hydrogen) atoms. The Labute approximate surface area is 101 Å². The fraction of sp³-hybridized carbons (Fsp3) is 0.0909. The lowest BCUT2D eigenvalue weighted by molar-refractivity contribution is 0.102. The van der Waals surface area contributed by atoms with E-state index < -0.39 is 0 Å². The number of hydrogen-bond donors (Lipinski definition) is 1. The molecular formula is C11H9BrN2O2. The molecule has 5 heteroatoms. The van der Waals surface area contributed by atoms with Gasteiger partial charge in [-0.25, -0.2) is 0 Å². The SMILES string of the molecule is Cc1cc(NC(=O)c2ccc(Br)cc2)no1. The number of nitrogens with one attached hydrogen (secondary N) is 1. The summed E-state index contributed by atoms with van der Waals surface area (Å²) in [5, 5.41) is 6.32. The normalized spacial score (nSPS) is 10.1. The molecule has 0 aliphatic rings. The van der Waals surface area contributed by atoms with E-state index in [1.54, 1.807) is 25.1 Å². The van der Waals surface area contributed by atoms with Gasteiger partial charge in [-0.05, 0) is 31.2 Å². The summed E-state index contributed by atoms with van der Waals surface area (Å²) in [7, 11) is 0. The zero-order valence-corrected chi connectivity index (χ0v) is 10.1. The first-order valence-electron chi connectivity index (χ1n) is 4.65. The third kappa shape index (κ3) is 2.49. The first-order valence-corrected chi connectivity index (χ1v) is 5.45. The van der Waals surface area contributed by atoms with Crippen LogP contribution in [0, 0.1) is 6.92 Å². The molecule has 0 saturated carbocycles. The van der Waals surface area contributed by atoms with Crippen molar-refractivity contribution in [3.8, 4) is 0 Å². The molecule has 1 aromatic heterocycles. The standard InChI is InChI=1S/C11H9BrN2O2/c1-7-6-10(14-16-7)13-11(15)8-2-4-9(12)5-3-8/h2-6H,1H3,(H,13,14,15). The van der Waals surface area contributed by atoms with Crippen LogP contribution in [-0.4, -0.2) is 11.1 Å². The van der Waals surface area contributed by atoms with Gasteiger partial charge in [-0.15, -0.1) is 0 Å². The third-order valence-electron chi connectivity index (χ3n) is 1.98. The summed E-state index contributed by atoms with van der Waals surface area (Å²) in [4.78, 5) is 11.7. The van der Waals surface area contributed by atoms with E-state index in [0.29, 0.717) is 17.1 Å². The monoisotopic (exact) mass is 280 g/mol. The van der Waals surface area contributed by atoms with Crippen LogP contribution in [0.1, 0.15) is 16.1 Å². The molecule has 1 amide bonds. The molecule has 0 spiro atoms. The van der Waals surface area contributed by atoms with Crippen molar-refractivity contribution in [3.63, 3.8) is 0 Å². The molecule has 0 bridgehead atoms. The van der Waals surface area contributed by atoms with E-state index in [1.807, 2.05) is 12.1 Å². The molecule has 0 fully saturated rings. The van der Waals surface area contributed by atoms with Gasteiger partial charge in [0.2, 0.25) is 0 Å². The lowest BCUT2D eigenvalue weighted by Gasteiger charge is -2.00. The minimum atomic E-state index is -0.208. The van der Waals surface area contributed by atoms with E-state index in [-0.39, 0.29) is 5.91 Å². The fourth-order valence-corrected chi connectivity index (χ4v) is 1.48. The predicted octanol–water partition coefficient (Wildman–Crippen LogP) is 3.00. The minimum Gasteiger partial charge on any atom is -0.360 e. The second kappa shape index (κ2) is 4.49. The molecule has 0 unspecified atom stereocenters. The van der Waals surface area contributed by atoms with Gasteiger partial charge in [-0.3, -0.25) is 4.79 Å². The Morgan fingerprint density at radius 1 is 1.38 bits per heavy atom. The molecule has 0 atom stereocenters. The summed E-state index contributed by atoms with van der Waals surface area (Å²) in [6.45, 7) is 1.77. The number of amides is 1. The van der Waals surface area contributed by atoms with E-state index in [1.165, 1.54) is 0 Å². The number of carbonyl (C=O) groups excluding carboxylic acids is 1. The molecule has 0 aliphatic carbocycles. The summed E-state index contributed by atoms with van der Waals surface area (Å²) in [5.74, 6) is 0.873. The van der Waals surface area contributed by atoms with E-state index in [0.717, 1.165) is 4.47 Å². The Morgan fingerprint density at radius 2 is 2.06 bits per heavy atom. The van der Waals surface area contributed by atoms with Gasteiger partial charge in [0.25, 0.3) is 5.91 Å². The number of aromatic nitrogens is 1.